The van der Waals surface area contributed by atoms with Gasteiger partial charge in [-0.3, -0.25) is 4.90 Å². The first kappa shape index (κ1) is 16.0. The molecule has 4 heteroatoms. The standard InChI is InChI=1S/C15H20FNOS/c1-12(11-19-3)17(2)10-14-6-7-15(16)9-13(14)5-4-8-18/h6-7,9,12,18H,8,10-11H2,1-3H3. The van der Waals surface area contributed by atoms with Gasteiger partial charge in [0.15, 0.2) is 0 Å². The van der Waals surface area contributed by atoms with Crippen molar-refractivity contribution in [1.82, 2.24) is 4.90 Å². The molecule has 0 fully saturated rings. The smallest absolute Gasteiger partial charge is 0.124 e. The van der Waals surface area contributed by atoms with Crippen molar-refractivity contribution >= 4 is 11.8 Å². The molecule has 1 atom stereocenters. The molecular weight excluding hydrogens is 261 g/mol. The van der Waals surface area contributed by atoms with Gasteiger partial charge in [-0.15, -0.1) is 0 Å². The topological polar surface area (TPSA) is 23.5 Å². The molecule has 0 spiro atoms. The fourth-order valence-electron chi connectivity index (χ4n) is 1.73. The summed E-state index contributed by atoms with van der Waals surface area (Å²) in [5, 5.41) is 8.75. The minimum absolute atomic E-state index is 0.214. The number of halogens is 1. The maximum Gasteiger partial charge on any atom is 0.124 e. The molecule has 1 aromatic rings. The Kier molecular flexibility index (Phi) is 6.93. The molecule has 0 aliphatic rings. The molecule has 2 nitrogen and oxygen atoms in total. The average Bonchev–Trinajstić information content (AvgIpc) is 2.39. The Morgan fingerprint density at radius 2 is 2.21 bits per heavy atom. The van der Waals surface area contributed by atoms with Crippen LogP contribution in [0.3, 0.4) is 0 Å². The summed E-state index contributed by atoms with van der Waals surface area (Å²) in [6, 6.07) is 5.08. The van der Waals surface area contributed by atoms with Crippen LogP contribution < -0.4 is 0 Å². The second kappa shape index (κ2) is 8.21. The highest BCUT2D eigenvalue weighted by Gasteiger charge is 2.11. The van der Waals surface area contributed by atoms with Gasteiger partial charge in [-0.05, 0) is 37.9 Å². The molecule has 0 saturated carbocycles. The van der Waals surface area contributed by atoms with Crippen LogP contribution >= 0.6 is 11.8 Å². The molecule has 0 saturated heterocycles. The zero-order chi connectivity index (χ0) is 14.3. The van der Waals surface area contributed by atoms with Crippen LogP contribution in [0.5, 0.6) is 0 Å². The lowest BCUT2D eigenvalue weighted by atomic mass is 10.1. The number of hydrogen-bond acceptors (Lipinski definition) is 3. The van der Waals surface area contributed by atoms with Gasteiger partial charge in [-0.2, -0.15) is 11.8 Å². The van der Waals surface area contributed by atoms with Crippen molar-refractivity contribution in [2.75, 3.05) is 25.7 Å². The Hall–Kier alpha value is -1.02. The number of thioether (sulfide) groups is 1. The van der Waals surface area contributed by atoms with Crippen LogP contribution in [-0.4, -0.2) is 41.7 Å². The fourth-order valence-corrected chi connectivity index (χ4v) is 2.47. The summed E-state index contributed by atoms with van der Waals surface area (Å²) in [5.41, 5.74) is 1.63. The zero-order valence-corrected chi connectivity index (χ0v) is 12.4. The maximum absolute atomic E-state index is 13.2. The molecule has 0 amide bonds. The van der Waals surface area contributed by atoms with Crippen LogP contribution in [0.4, 0.5) is 4.39 Å². The first-order valence-electron chi connectivity index (χ1n) is 6.15. The lowest BCUT2D eigenvalue weighted by molar-refractivity contribution is 0.269. The molecule has 1 aromatic carbocycles. The van der Waals surface area contributed by atoms with E-state index in [0.29, 0.717) is 11.6 Å². The second-order valence-electron chi connectivity index (χ2n) is 4.48. The van der Waals surface area contributed by atoms with Gasteiger partial charge in [0.25, 0.3) is 0 Å². The van der Waals surface area contributed by atoms with Crippen molar-refractivity contribution in [3.63, 3.8) is 0 Å². The highest BCUT2D eigenvalue weighted by atomic mass is 32.2. The van der Waals surface area contributed by atoms with Gasteiger partial charge in [0.1, 0.15) is 12.4 Å². The largest absolute Gasteiger partial charge is 0.384 e. The van der Waals surface area contributed by atoms with Gasteiger partial charge in [0, 0.05) is 23.9 Å². The molecule has 1 rings (SSSR count). The third-order valence-corrected chi connectivity index (χ3v) is 3.77. The number of nitrogens with zero attached hydrogens (tertiary/aromatic N) is 1. The molecular formula is C15H20FNOS. The molecule has 0 aliphatic heterocycles. The summed E-state index contributed by atoms with van der Waals surface area (Å²) in [4.78, 5) is 2.22. The summed E-state index contributed by atoms with van der Waals surface area (Å²) >= 11 is 1.81. The van der Waals surface area contributed by atoms with E-state index in [2.05, 4.69) is 29.9 Å². The van der Waals surface area contributed by atoms with Crippen molar-refractivity contribution in [1.29, 1.82) is 0 Å². The fraction of sp³-hybridized carbons (Fsp3) is 0.467. The molecule has 0 aromatic heterocycles. The molecule has 19 heavy (non-hydrogen) atoms. The molecule has 1 unspecified atom stereocenters. The van der Waals surface area contributed by atoms with E-state index in [1.54, 1.807) is 17.8 Å². The Bertz CT molecular complexity index is 467. The monoisotopic (exact) mass is 281 g/mol. The zero-order valence-electron chi connectivity index (χ0n) is 11.6. The molecule has 1 N–H and O–H groups in total. The van der Waals surface area contributed by atoms with Crippen LogP contribution in [0.15, 0.2) is 18.2 Å². The first-order valence-corrected chi connectivity index (χ1v) is 7.55. The minimum atomic E-state index is -0.300. The van der Waals surface area contributed by atoms with Crippen molar-refractivity contribution in [3.8, 4) is 11.8 Å². The molecule has 0 aliphatic carbocycles. The van der Waals surface area contributed by atoms with E-state index >= 15 is 0 Å². The summed E-state index contributed by atoms with van der Waals surface area (Å²) in [7, 11) is 2.05. The van der Waals surface area contributed by atoms with Crippen molar-refractivity contribution in [3.05, 3.63) is 35.1 Å². The van der Waals surface area contributed by atoms with Gasteiger partial charge < -0.3 is 5.11 Å². The van der Waals surface area contributed by atoms with E-state index in [0.717, 1.165) is 17.9 Å². The Balaban J connectivity index is 2.87. The predicted molar refractivity (Wildman–Crippen MR) is 79.7 cm³/mol. The highest BCUT2D eigenvalue weighted by molar-refractivity contribution is 7.98. The highest BCUT2D eigenvalue weighted by Crippen LogP contribution is 2.15. The Morgan fingerprint density at radius 3 is 2.84 bits per heavy atom. The van der Waals surface area contributed by atoms with Crippen molar-refractivity contribution in [2.24, 2.45) is 0 Å². The summed E-state index contributed by atoms with van der Waals surface area (Å²) < 4.78 is 13.2. The quantitative estimate of drug-likeness (QED) is 0.838. The van der Waals surface area contributed by atoms with Crippen molar-refractivity contribution in [2.45, 2.75) is 19.5 Å². The maximum atomic E-state index is 13.2. The number of aliphatic hydroxyl groups is 1. The van der Waals surface area contributed by atoms with E-state index in [1.807, 2.05) is 7.05 Å². The second-order valence-corrected chi connectivity index (χ2v) is 5.39. The molecule has 0 radical (unpaired) electrons. The molecule has 0 bridgehead atoms. The normalized spacial score (nSPS) is 12.1. The predicted octanol–water partition coefficient (Wildman–Crippen LogP) is 2.35. The molecule has 104 valence electrons. The molecule has 0 heterocycles. The van der Waals surface area contributed by atoms with E-state index in [-0.39, 0.29) is 12.4 Å². The van der Waals surface area contributed by atoms with Gasteiger partial charge in [0.2, 0.25) is 0 Å². The third kappa shape index (κ3) is 5.23. The van der Waals surface area contributed by atoms with Crippen LogP contribution in [0.25, 0.3) is 0 Å². The average molecular weight is 281 g/mol. The Labute approximate surface area is 119 Å². The van der Waals surface area contributed by atoms with Crippen LogP contribution in [-0.2, 0) is 6.54 Å². The number of benzene rings is 1. The summed E-state index contributed by atoms with van der Waals surface area (Å²) in [6.45, 7) is 2.67. The lowest BCUT2D eigenvalue weighted by Crippen LogP contribution is -2.30. The third-order valence-electron chi connectivity index (χ3n) is 2.95. The van der Waals surface area contributed by atoms with E-state index in [4.69, 9.17) is 5.11 Å². The van der Waals surface area contributed by atoms with Gasteiger partial charge in [0.05, 0.1) is 0 Å². The summed E-state index contributed by atoms with van der Waals surface area (Å²) in [5.74, 6) is 6.13. The Morgan fingerprint density at radius 1 is 1.47 bits per heavy atom. The number of rotatable bonds is 5. The van der Waals surface area contributed by atoms with Gasteiger partial charge >= 0.3 is 0 Å². The number of hydrogen-bond donors (Lipinski definition) is 1. The minimum Gasteiger partial charge on any atom is -0.384 e. The van der Waals surface area contributed by atoms with Gasteiger partial charge in [-0.1, -0.05) is 17.9 Å². The number of aliphatic hydroxyl groups excluding tert-OH is 1. The van der Waals surface area contributed by atoms with E-state index in [9.17, 15) is 4.39 Å². The van der Waals surface area contributed by atoms with Gasteiger partial charge in [-0.25, -0.2) is 4.39 Å². The first-order chi connectivity index (χ1) is 9.08. The lowest BCUT2D eigenvalue weighted by Gasteiger charge is -2.24. The van der Waals surface area contributed by atoms with Crippen LogP contribution in [0.2, 0.25) is 0 Å². The van der Waals surface area contributed by atoms with Crippen molar-refractivity contribution < 1.29 is 9.50 Å². The van der Waals surface area contributed by atoms with E-state index in [1.165, 1.54) is 12.1 Å². The van der Waals surface area contributed by atoms with Crippen LogP contribution in [0.1, 0.15) is 18.1 Å². The summed E-state index contributed by atoms with van der Waals surface area (Å²) in [6.07, 6.45) is 2.08. The SMILES string of the molecule is CSCC(C)N(C)Cc1ccc(F)cc1C#CCO. The van der Waals surface area contributed by atoms with E-state index < -0.39 is 0 Å². The van der Waals surface area contributed by atoms with Crippen LogP contribution in [0, 0.1) is 17.7 Å².